The predicted octanol–water partition coefficient (Wildman–Crippen LogP) is 13.4. The van der Waals surface area contributed by atoms with Crippen molar-refractivity contribution in [1.82, 2.24) is 0 Å². The van der Waals surface area contributed by atoms with Crippen LogP contribution in [-0.2, 0) is 0 Å². The maximum atomic E-state index is 6.35. The van der Waals surface area contributed by atoms with Crippen LogP contribution in [0.1, 0.15) is 0 Å². The molecule has 0 unspecified atom stereocenters. The maximum Gasteiger partial charge on any atom is 0.137 e. The molecule has 0 atom stereocenters. The molecule has 10 rings (SSSR count). The van der Waals surface area contributed by atoms with Crippen molar-refractivity contribution in [3.8, 4) is 22.3 Å². The van der Waals surface area contributed by atoms with Crippen LogP contribution in [0, 0.1) is 0 Å². The minimum absolute atomic E-state index is 0.866. The van der Waals surface area contributed by atoms with Gasteiger partial charge in [-0.05, 0) is 99.8 Å². The van der Waals surface area contributed by atoms with Crippen LogP contribution in [-0.4, -0.2) is 0 Å². The first-order chi connectivity index (χ1) is 24.2. The molecule has 0 aliphatic rings. The highest BCUT2D eigenvalue weighted by atomic mass is 16.3. The molecule has 2 heterocycles. The molecule has 0 bridgehead atoms. The Kier molecular flexibility index (Phi) is 6.18. The zero-order valence-electron chi connectivity index (χ0n) is 26.5. The zero-order chi connectivity index (χ0) is 32.3. The highest BCUT2D eigenvalue weighted by Gasteiger charge is 2.17. The second kappa shape index (κ2) is 11.0. The lowest BCUT2D eigenvalue weighted by Gasteiger charge is -2.26. The molecule has 0 spiro atoms. The van der Waals surface area contributed by atoms with Crippen LogP contribution >= 0.6 is 0 Å². The van der Waals surface area contributed by atoms with Gasteiger partial charge in [0.05, 0.1) is 0 Å². The number of rotatable bonds is 5. The molecular weight excluding hydrogens is 599 g/mol. The fourth-order valence-corrected chi connectivity index (χ4v) is 7.20. The van der Waals surface area contributed by atoms with Gasteiger partial charge in [-0.2, -0.15) is 0 Å². The second-order valence-electron chi connectivity index (χ2n) is 12.6. The number of nitrogens with zero attached hydrogens (tertiary/aromatic N) is 1. The Bertz CT molecular complexity index is 2840. The van der Waals surface area contributed by atoms with Gasteiger partial charge in [0.25, 0.3) is 0 Å². The van der Waals surface area contributed by atoms with Crippen molar-refractivity contribution in [1.29, 1.82) is 0 Å². The largest absolute Gasteiger partial charge is 0.456 e. The number of hydrogen-bond donors (Lipinski definition) is 0. The van der Waals surface area contributed by atoms with Crippen LogP contribution in [0.25, 0.3) is 76.9 Å². The van der Waals surface area contributed by atoms with Gasteiger partial charge in [-0.3, -0.25) is 0 Å². The summed E-state index contributed by atoms with van der Waals surface area (Å²) in [4.78, 5) is 2.31. The Balaban J connectivity index is 1.10. The molecule has 3 heteroatoms. The summed E-state index contributed by atoms with van der Waals surface area (Å²) in [5.41, 5.74) is 11.4. The van der Waals surface area contributed by atoms with Crippen molar-refractivity contribution in [2.45, 2.75) is 0 Å². The van der Waals surface area contributed by atoms with E-state index in [0.717, 1.165) is 72.1 Å². The normalized spacial score (nSPS) is 11.7. The quantitative estimate of drug-likeness (QED) is 0.190. The topological polar surface area (TPSA) is 29.5 Å². The van der Waals surface area contributed by atoms with E-state index in [9.17, 15) is 0 Å². The summed E-state index contributed by atoms with van der Waals surface area (Å²) in [6.07, 6.45) is 0. The standard InChI is InChI=1S/C46H29NO2/c1-2-9-32-26-34(17-16-30(32)8-1)31-18-21-36(22-19-31)47(38-23-24-41-39-12-3-5-14-43(39)49-46(41)29-38)37-11-7-10-33(27-37)35-20-25-45-42(28-35)40-13-4-6-15-44(40)48-45/h1-29H. The number of fused-ring (bicyclic) bond motifs is 7. The van der Waals surface area contributed by atoms with Gasteiger partial charge < -0.3 is 13.7 Å². The van der Waals surface area contributed by atoms with Crippen molar-refractivity contribution >= 4 is 71.7 Å². The van der Waals surface area contributed by atoms with Crippen molar-refractivity contribution in [3.05, 3.63) is 176 Å². The average molecular weight is 628 g/mol. The third-order valence-electron chi connectivity index (χ3n) is 9.64. The van der Waals surface area contributed by atoms with Gasteiger partial charge in [-0.1, -0.05) is 103 Å². The first kappa shape index (κ1) is 27.5. The summed E-state index contributed by atoms with van der Waals surface area (Å²) < 4.78 is 12.5. The van der Waals surface area contributed by atoms with Gasteiger partial charge in [0.15, 0.2) is 0 Å². The Morgan fingerprint density at radius 3 is 1.69 bits per heavy atom. The van der Waals surface area contributed by atoms with E-state index in [1.54, 1.807) is 0 Å². The molecular formula is C46H29NO2. The third kappa shape index (κ3) is 4.67. The first-order valence-corrected chi connectivity index (χ1v) is 16.6. The third-order valence-corrected chi connectivity index (χ3v) is 9.64. The van der Waals surface area contributed by atoms with Gasteiger partial charge >= 0.3 is 0 Å². The molecule has 0 aliphatic carbocycles. The zero-order valence-corrected chi connectivity index (χ0v) is 26.5. The minimum atomic E-state index is 0.866. The van der Waals surface area contributed by atoms with Crippen LogP contribution in [0.5, 0.6) is 0 Å². The average Bonchev–Trinajstić information content (AvgIpc) is 3.73. The Labute approximate surface area is 282 Å². The van der Waals surface area contributed by atoms with Gasteiger partial charge in [0, 0.05) is 44.7 Å². The van der Waals surface area contributed by atoms with Crippen molar-refractivity contribution in [3.63, 3.8) is 0 Å². The maximum absolute atomic E-state index is 6.35. The van der Waals surface area contributed by atoms with E-state index in [2.05, 4.69) is 157 Å². The lowest BCUT2D eigenvalue weighted by Crippen LogP contribution is -2.10. The smallest absolute Gasteiger partial charge is 0.137 e. The van der Waals surface area contributed by atoms with Crippen LogP contribution in [0.15, 0.2) is 185 Å². The molecule has 0 N–H and O–H groups in total. The first-order valence-electron chi connectivity index (χ1n) is 16.6. The van der Waals surface area contributed by atoms with Gasteiger partial charge in [0.1, 0.15) is 22.3 Å². The van der Waals surface area contributed by atoms with E-state index in [4.69, 9.17) is 8.83 Å². The van der Waals surface area contributed by atoms with Crippen LogP contribution < -0.4 is 4.90 Å². The summed E-state index contributed by atoms with van der Waals surface area (Å²) in [6.45, 7) is 0. The van der Waals surface area contributed by atoms with Crippen molar-refractivity contribution in [2.75, 3.05) is 4.90 Å². The SMILES string of the molecule is c1cc(-c2ccc3oc4ccccc4c3c2)cc(N(c2ccc(-c3ccc4ccccc4c3)cc2)c2ccc3c(c2)oc2ccccc23)c1. The predicted molar refractivity (Wildman–Crippen MR) is 204 cm³/mol. The summed E-state index contributed by atoms with van der Waals surface area (Å²) in [6, 6.07) is 62.2. The fraction of sp³-hybridized carbons (Fsp3) is 0. The summed E-state index contributed by atoms with van der Waals surface area (Å²) in [5, 5.41) is 6.97. The minimum Gasteiger partial charge on any atom is -0.456 e. The molecule has 0 saturated heterocycles. The second-order valence-corrected chi connectivity index (χ2v) is 12.6. The van der Waals surface area contributed by atoms with Crippen LogP contribution in [0.3, 0.4) is 0 Å². The number of furan rings is 2. The lowest BCUT2D eigenvalue weighted by atomic mass is 10.00. The summed E-state index contributed by atoms with van der Waals surface area (Å²) >= 11 is 0. The Hall–Kier alpha value is -6.58. The molecule has 2 aromatic heterocycles. The number of para-hydroxylation sites is 2. The van der Waals surface area contributed by atoms with Crippen LogP contribution in [0.2, 0.25) is 0 Å². The summed E-state index contributed by atoms with van der Waals surface area (Å²) in [5.74, 6) is 0. The molecule has 0 radical (unpaired) electrons. The van der Waals surface area contributed by atoms with E-state index >= 15 is 0 Å². The van der Waals surface area contributed by atoms with E-state index in [0.29, 0.717) is 0 Å². The van der Waals surface area contributed by atoms with E-state index in [1.165, 1.54) is 21.9 Å². The summed E-state index contributed by atoms with van der Waals surface area (Å²) in [7, 11) is 0. The molecule has 0 fully saturated rings. The van der Waals surface area contributed by atoms with Gasteiger partial charge in [-0.25, -0.2) is 0 Å². The van der Waals surface area contributed by atoms with E-state index < -0.39 is 0 Å². The molecule has 3 nitrogen and oxygen atoms in total. The Morgan fingerprint density at radius 1 is 0.286 bits per heavy atom. The van der Waals surface area contributed by atoms with E-state index in [-0.39, 0.29) is 0 Å². The van der Waals surface area contributed by atoms with Gasteiger partial charge in [-0.15, -0.1) is 0 Å². The Morgan fingerprint density at radius 2 is 0.857 bits per heavy atom. The lowest BCUT2D eigenvalue weighted by molar-refractivity contribution is 0.668. The van der Waals surface area contributed by atoms with Crippen molar-refractivity contribution < 1.29 is 8.83 Å². The molecule has 8 aromatic carbocycles. The molecule has 0 saturated carbocycles. The number of hydrogen-bond acceptors (Lipinski definition) is 3. The molecule has 230 valence electrons. The molecule has 49 heavy (non-hydrogen) atoms. The fourth-order valence-electron chi connectivity index (χ4n) is 7.20. The number of anilines is 3. The van der Waals surface area contributed by atoms with Crippen molar-refractivity contribution in [2.24, 2.45) is 0 Å². The molecule has 10 aromatic rings. The highest BCUT2D eigenvalue weighted by molar-refractivity contribution is 6.07. The van der Waals surface area contributed by atoms with E-state index in [1.807, 2.05) is 24.3 Å². The van der Waals surface area contributed by atoms with Crippen LogP contribution in [0.4, 0.5) is 17.1 Å². The molecule has 0 amide bonds. The molecule has 0 aliphatic heterocycles. The number of benzene rings is 8. The monoisotopic (exact) mass is 627 g/mol. The van der Waals surface area contributed by atoms with Gasteiger partial charge in [0.2, 0.25) is 0 Å². The highest BCUT2D eigenvalue weighted by Crippen LogP contribution is 2.41.